The smallest absolute Gasteiger partial charge is 0.410 e. The summed E-state index contributed by atoms with van der Waals surface area (Å²) in [6, 6.07) is 23.9. The van der Waals surface area contributed by atoms with E-state index in [2.05, 4.69) is 30.3 Å². The molecule has 0 heterocycles. The Hall–Kier alpha value is -3.60. The second kappa shape index (κ2) is 10.6. The van der Waals surface area contributed by atoms with E-state index < -0.39 is 23.7 Å². The van der Waals surface area contributed by atoms with E-state index in [-0.39, 0.29) is 12.5 Å². The predicted octanol–water partition coefficient (Wildman–Crippen LogP) is 6.52. The Bertz CT molecular complexity index is 1200. The number of likely N-dealkylation sites (N-methyl/N-ethyl adjacent to an activating group) is 1. The number of hydrogen-bond acceptors (Lipinski definition) is 4. The first kappa shape index (κ1) is 25.5. The second-order valence-electron chi connectivity index (χ2n) is 10.5. The molecule has 4 rings (SSSR count). The van der Waals surface area contributed by atoms with Crippen LogP contribution >= 0.6 is 0 Å². The second-order valence-corrected chi connectivity index (χ2v) is 10.5. The lowest BCUT2D eigenvalue weighted by Gasteiger charge is -2.30. The maximum absolute atomic E-state index is 13.2. The van der Waals surface area contributed by atoms with E-state index in [9.17, 15) is 9.59 Å². The lowest BCUT2D eigenvalue weighted by atomic mass is 9.98. The van der Waals surface area contributed by atoms with Crippen molar-refractivity contribution in [1.82, 2.24) is 4.90 Å². The third-order valence-electron chi connectivity index (χ3n) is 6.56. The summed E-state index contributed by atoms with van der Waals surface area (Å²) in [5, 5.41) is 0. The number of carbonyl (C=O) groups excluding carboxylic acids is 2. The van der Waals surface area contributed by atoms with Crippen LogP contribution in [0, 0.1) is 6.92 Å². The third-order valence-corrected chi connectivity index (χ3v) is 6.56. The van der Waals surface area contributed by atoms with Gasteiger partial charge in [0.1, 0.15) is 18.2 Å². The molecule has 5 heteroatoms. The Labute approximate surface area is 214 Å². The molecule has 0 N–H and O–H groups in total. The van der Waals surface area contributed by atoms with Crippen molar-refractivity contribution in [3.63, 3.8) is 0 Å². The van der Waals surface area contributed by atoms with Crippen LogP contribution in [0.2, 0.25) is 0 Å². The zero-order chi connectivity index (χ0) is 25.9. The van der Waals surface area contributed by atoms with Gasteiger partial charge in [-0.25, -0.2) is 9.59 Å². The minimum absolute atomic E-state index is 0.0398. The van der Waals surface area contributed by atoms with Crippen LogP contribution in [0.4, 0.5) is 4.79 Å². The average Bonchev–Trinajstić information content (AvgIpc) is 3.15. The fraction of sp³-hybridized carbons (Fsp3) is 0.355. The van der Waals surface area contributed by atoms with E-state index in [4.69, 9.17) is 9.47 Å². The monoisotopic (exact) mass is 485 g/mol. The lowest BCUT2D eigenvalue weighted by Crippen LogP contribution is -2.46. The maximum atomic E-state index is 13.2. The molecule has 1 amide bonds. The largest absolute Gasteiger partial charge is 0.458 e. The van der Waals surface area contributed by atoms with Gasteiger partial charge in [-0.1, -0.05) is 78.4 Å². The predicted molar refractivity (Wildman–Crippen MR) is 142 cm³/mol. The van der Waals surface area contributed by atoms with E-state index in [1.807, 2.05) is 70.2 Å². The first-order chi connectivity index (χ1) is 17.1. The number of fused-ring (bicyclic) bond motifs is 3. The van der Waals surface area contributed by atoms with Crippen LogP contribution in [0.15, 0.2) is 72.8 Å². The fourth-order valence-corrected chi connectivity index (χ4v) is 4.83. The topological polar surface area (TPSA) is 55.8 Å². The van der Waals surface area contributed by atoms with Gasteiger partial charge in [0.25, 0.3) is 0 Å². The van der Waals surface area contributed by atoms with Crippen LogP contribution in [0.1, 0.15) is 55.4 Å². The van der Waals surface area contributed by atoms with Gasteiger partial charge in [0.2, 0.25) is 0 Å². The van der Waals surface area contributed by atoms with Gasteiger partial charge in [-0.2, -0.15) is 0 Å². The van der Waals surface area contributed by atoms with Gasteiger partial charge in [-0.05, 0) is 68.4 Å². The Morgan fingerprint density at radius 3 is 2.11 bits per heavy atom. The van der Waals surface area contributed by atoms with Crippen LogP contribution in [0.5, 0.6) is 0 Å². The fourth-order valence-electron chi connectivity index (χ4n) is 4.83. The molecule has 0 saturated heterocycles. The van der Waals surface area contributed by atoms with Crippen molar-refractivity contribution in [2.24, 2.45) is 0 Å². The number of amides is 1. The first-order valence-electron chi connectivity index (χ1n) is 12.5. The molecule has 36 heavy (non-hydrogen) atoms. The Balaban J connectivity index is 1.48. The van der Waals surface area contributed by atoms with Crippen LogP contribution in [-0.2, 0) is 20.7 Å². The molecule has 5 nitrogen and oxygen atoms in total. The highest BCUT2D eigenvalue weighted by Gasteiger charge is 2.34. The lowest BCUT2D eigenvalue weighted by molar-refractivity contribution is -0.160. The highest BCUT2D eigenvalue weighted by molar-refractivity contribution is 5.82. The molecule has 1 aliphatic carbocycles. The van der Waals surface area contributed by atoms with E-state index in [0.717, 1.165) is 22.3 Å². The van der Waals surface area contributed by atoms with Gasteiger partial charge >= 0.3 is 12.1 Å². The van der Waals surface area contributed by atoms with Gasteiger partial charge in [0.15, 0.2) is 0 Å². The van der Waals surface area contributed by atoms with E-state index in [1.54, 1.807) is 7.05 Å². The summed E-state index contributed by atoms with van der Waals surface area (Å²) >= 11 is 0. The SMILES string of the molecule is Cc1cccc(CCC(C(=O)OC(C)(C)C)N(C)C(=O)OCC2c3ccccc3-c3ccccc32)c1. The summed E-state index contributed by atoms with van der Waals surface area (Å²) in [4.78, 5) is 27.7. The highest BCUT2D eigenvalue weighted by Crippen LogP contribution is 2.44. The van der Waals surface area contributed by atoms with E-state index >= 15 is 0 Å². The summed E-state index contributed by atoms with van der Waals surface area (Å²) in [7, 11) is 1.61. The van der Waals surface area contributed by atoms with Crippen LogP contribution in [-0.4, -0.2) is 42.3 Å². The molecule has 3 aromatic carbocycles. The number of nitrogens with zero attached hydrogens (tertiary/aromatic N) is 1. The Morgan fingerprint density at radius 2 is 1.53 bits per heavy atom. The number of rotatable bonds is 7. The normalized spacial score (nSPS) is 13.5. The summed E-state index contributed by atoms with van der Waals surface area (Å²) in [6.07, 6.45) is 0.558. The minimum atomic E-state index is -0.750. The zero-order valence-electron chi connectivity index (χ0n) is 21.8. The van der Waals surface area contributed by atoms with Gasteiger partial charge in [-0.15, -0.1) is 0 Å². The molecule has 0 radical (unpaired) electrons. The highest BCUT2D eigenvalue weighted by atomic mass is 16.6. The van der Waals surface area contributed by atoms with Crippen molar-refractivity contribution < 1.29 is 19.1 Å². The molecule has 0 aliphatic heterocycles. The van der Waals surface area contributed by atoms with Gasteiger partial charge < -0.3 is 9.47 Å². The van der Waals surface area contributed by atoms with Crippen LogP contribution < -0.4 is 0 Å². The van der Waals surface area contributed by atoms with Crippen LogP contribution in [0.25, 0.3) is 11.1 Å². The zero-order valence-corrected chi connectivity index (χ0v) is 21.8. The molecule has 0 aromatic heterocycles. The van der Waals surface area contributed by atoms with Crippen molar-refractivity contribution in [2.45, 2.75) is 58.1 Å². The summed E-state index contributed by atoms with van der Waals surface area (Å²) < 4.78 is 11.5. The molecule has 0 saturated carbocycles. The first-order valence-corrected chi connectivity index (χ1v) is 12.5. The number of esters is 1. The molecule has 188 valence electrons. The minimum Gasteiger partial charge on any atom is -0.458 e. The number of carbonyl (C=O) groups is 2. The van der Waals surface area contributed by atoms with Crippen LogP contribution in [0.3, 0.4) is 0 Å². The summed E-state index contributed by atoms with van der Waals surface area (Å²) in [6.45, 7) is 7.73. The van der Waals surface area contributed by atoms with Crippen molar-refractivity contribution in [2.75, 3.05) is 13.7 Å². The van der Waals surface area contributed by atoms with Crippen molar-refractivity contribution in [3.05, 3.63) is 95.1 Å². The molecular weight excluding hydrogens is 450 g/mol. The number of hydrogen-bond donors (Lipinski definition) is 0. The molecule has 1 atom stereocenters. The van der Waals surface area contributed by atoms with Crippen molar-refractivity contribution in [1.29, 1.82) is 0 Å². The van der Waals surface area contributed by atoms with Gasteiger partial charge in [-0.3, -0.25) is 4.90 Å². The Kier molecular flexibility index (Phi) is 7.48. The molecule has 1 aliphatic rings. The van der Waals surface area contributed by atoms with Crippen molar-refractivity contribution >= 4 is 12.1 Å². The molecule has 0 bridgehead atoms. The number of benzene rings is 3. The molecule has 1 unspecified atom stereocenters. The standard InChI is InChI=1S/C31H35NO4/c1-21-11-10-12-22(19-21)17-18-28(29(33)36-31(2,3)4)32(5)30(34)35-20-27-25-15-8-6-13-23(25)24-14-7-9-16-26(24)27/h6-16,19,27-28H,17-18,20H2,1-5H3. The van der Waals surface area contributed by atoms with Gasteiger partial charge in [0.05, 0.1) is 0 Å². The maximum Gasteiger partial charge on any atom is 0.410 e. The molecular formula is C31H35NO4. The summed E-state index contributed by atoms with van der Waals surface area (Å²) in [5.41, 5.74) is 6.27. The molecule has 3 aromatic rings. The quantitative estimate of drug-likeness (QED) is 0.358. The Morgan fingerprint density at radius 1 is 0.917 bits per heavy atom. The summed E-state index contributed by atoms with van der Waals surface area (Å²) in [5.74, 6) is -0.465. The van der Waals surface area contributed by atoms with E-state index in [0.29, 0.717) is 12.8 Å². The number of aryl methyl sites for hydroxylation is 2. The third kappa shape index (κ3) is 5.78. The van der Waals surface area contributed by atoms with Gasteiger partial charge in [0, 0.05) is 13.0 Å². The molecule has 0 fully saturated rings. The average molecular weight is 486 g/mol. The molecule has 0 spiro atoms. The van der Waals surface area contributed by atoms with E-state index in [1.165, 1.54) is 16.0 Å². The number of ether oxygens (including phenoxy) is 2. The van der Waals surface area contributed by atoms with Crippen molar-refractivity contribution in [3.8, 4) is 11.1 Å².